The van der Waals surface area contributed by atoms with Crippen molar-refractivity contribution in [3.63, 3.8) is 0 Å². The summed E-state index contributed by atoms with van der Waals surface area (Å²) in [5.74, 6) is 1.15. The molecule has 0 saturated carbocycles. The largest absolute Gasteiger partial charge is 0.381 e. The van der Waals surface area contributed by atoms with Crippen LogP contribution in [0.25, 0.3) is 0 Å². The summed E-state index contributed by atoms with van der Waals surface area (Å²) in [5.41, 5.74) is 0.309. The zero-order chi connectivity index (χ0) is 15.2. The first kappa shape index (κ1) is 15.4. The Bertz CT molecular complexity index is 503. The smallest absolute Gasteiger partial charge is 0.332 e. The van der Waals surface area contributed by atoms with Gasteiger partial charge in [0.05, 0.1) is 4.92 Å². The van der Waals surface area contributed by atoms with Gasteiger partial charge >= 0.3 is 5.69 Å². The molecule has 8 nitrogen and oxygen atoms in total. The summed E-state index contributed by atoms with van der Waals surface area (Å²) in [6.07, 6.45) is 1.93. The van der Waals surface area contributed by atoms with Gasteiger partial charge in [-0.1, -0.05) is 0 Å². The summed E-state index contributed by atoms with van der Waals surface area (Å²) < 4.78 is 5.31. The van der Waals surface area contributed by atoms with Crippen LogP contribution in [-0.4, -0.2) is 41.2 Å². The molecule has 116 valence electrons. The maximum atomic E-state index is 11.2. The van der Waals surface area contributed by atoms with E-state index in [9.17, 15) is 10.1 Å². The Hall–Kier alpha value is -1.96. The SMILES string of the molecule is CCNc1nc(C)c([N+](=O)[O-])c(NCC2CCOCC2)n1. The van der Waals surface area contributed by atoms with E-state index < -0.39 is 4.92 Å². The van der Waals surface area contributed by atoms with Crippen LogP contribution in [0.2, 0.25) is 0 Å². The van der Waals surface area contributed by atoms with Gasteiger partial charge in [-0.25, -0.2) is 4.98 Å². The lowest BCUT2D eigenvalue weighted by Crippen LogP contribution is -2.23. The zero-order valence-electron chi connectivity index (χ0n) is 12.4. The topological polar surface area (TPSA) is 102 Å². The number of anilines is 2. The van der Waals surface area contributed by atoms with Gasteiger partial charge in [-0.3, -0.25) is 10.1 Å². The molecule has 2 rings (SSSR count). The lowest BCUT2D eigenvalue weighted by Gasteiger charge is -2.22. The zero-order valence-corrected chi connectivity index (χ0v) is 12.4. The Kier molecular flexibility index (Phi) is 5.26. The molecule has 0 unspecified atom stereocenters. The summed E-state index contributed by atoms with van der Waals surface area (Å²) in [4.78, 5) is 19.1. The van der Waals surface area contributed by atoms with Crippen molar-refractivity contribution < 1.29 is 9.66 Å². The molecule has 1 aliphatic heterocycles. The van der Waals surface area contributed by atoms with Crippen molar-refractivity contribution >= 4 is 17.5 Å². The minimum atomic E-state index is -0.433. The standard InChI is InChI=1S/C13H21N5O3/c1-3-14-13-16-9(2)11(18(19)20)12(17-13)15-8-10-4-6-21-7-5-10/h10H,3-8H2,1-2H3,(H2,14,15,16,17). The lowest BCUT2D eigenvalue weighted by atomic mass is 10.0. The second kappa shape index (κ2) is 7.16. The molecule has 8 heteroatoms. The molecule has 1 aromatic rings. The molecule has 0 radical (unpaired) electrons. The Labute approximate surface area is 123 Å². The molecule has 2 N–H and O–H groups in total. The Morgan fingerprint density at radius 1 is 1.33 bits per heavy atom. The van der Waals surface area contributed by atoms with Crippen LogP contribution in [0.3, 0.4) is 0 Å². The van der Waals surface area contributed by atoms with Crippen molar-refractivity contribution in [1.29, 1.82) is 0 Å². The first-order valence-corrected chi connectivity index (χ1v) is 7.20. The highest BCUT2D eigenvalue weighted by molar-refractivity contribution is 5.60. The molecule has 1 aliphatic rings. The Balaban J connectivity index is 2.15. The van der Waals surface area contributed by atoms with Gasteiger partial charge in [0.25, 0.3) is 0 Å². The van der Waals surface area contributed by atoms with Crippen LogP contribution < -0.4 is 10.6 Å². The molecular formula is C13H21N5O3. The van der Waals surface area contributed by atoms with Crippen molar-refractivity contribution in [2.24, 2.45) is 5.92 Å². The molecule has 21 heavy (non-hydrogen) atoms. The highest BCUT2D eigenvalue weighted by Gasteiger charge is 2.23. The van der Waals surface area contributed by atoms with Crippen molar-refractivity contribution in [3.05, 3.63) is 15.8 Å². The summed E-state index contributed by atoms with van der Waals surface area (Å²) >= 11 is 0. The average Bonchev–Trinajstić information content (AvgIpc) is 2.45. The fourth-order valence-corrected chi connectivity index (χ4v) is 2.34. The van der Waals surface area contributed by atoms with E-state index in [1.54, 1.807) is 6.92 Å². The van der Waals surface area contributed by atoms with Gasteiger partial charge in [0.2, 0.25) is 11.8 Å². The highest BCUT2D eigenvalue weighted by atomic mass is 16.6. The molecular weight excluding hydrogens is 274 g/mol. The van der Waals surface area contributed by atoms with Gasteiger partial charge in [0.1, 0.15) is 5.69 Å². The predicted molar refractivity (Wildman–Crippen MR) is 79.6 cm³/mol. The monoisotopic (exact) mass is 295 g/mol. The Morgan fingerprint density at radius 2 is 2.05 bits per heavy atom. The number of ether oxygens (including phenoxy) is 1. The van der Waals surface area contributed by atoms with Crippen LogP contribution in [-0.2, 0) is 4.74 Å². The van der Waals surface area contributed by atoms with E-state index in [2.05, 4.69) is 20.6 Å². The molecule has 0 spiro atoms. The third-order valence-electron chi connectivity index (χ3n) is 3.47. The quantitative estimate of drug-likeness (QED) is 0.611. The second-order valence-corrected chi connectivity index (χ2v) is 5.05. The van der Waals surface area contributed by atoms with E-state index in [1.165, 1.54) is 0 Å². The molecule has 0 atom stereocenters. The summed E-state index contributed by atoms with van der Waals surface area (Å²) in [7, 11) is 0. The maximum absolute atomic E-state index is 11.2. The summed E-state index contributed by atoms with van der Waals surface area (Å²) in [6, 6.07) is 0. The van der Waals surface area contributed by atoms with E-state index in [1.807, 2.05) is 6.92 Å². The Morgan fingerprint density at radius 3 is 2.67 bits per heavy atom. The maximum Gasteiger partial charge on any atom is 0.332 e. The van der Waals surface area contributed by atoms with Gasteiger partial charge in [-0.2, -0.15) is 4.98 Å². The minimum absolute atomic E-state index is 0.0521. The molecule has 0 amide bonds. The average molecular weight is 295 g/mol. The van der Waals surface area contributed by atoms with Crippen molar-refractivity contribution in [3.8, 4) is 0 Å². The van der Waals surface area contributed by atoms with Crippen molar-refractivity contribution in [1.82, 2.24) is 9.97 Å². The van der Waals surface area contributed by atoms with Crippen molar-refractivity contribution in [2.75, 3.05) is 36.9 Å². The fourth-order valence-electron chi connectivity index (χ4n) is 2.34. The van der Waals surface area contributed by atoms with E-state index in [0.29, 0.717) is 30.6 Å². The van der Waals surface area contributed by atoms with Crippen LogP contribution in [0.4, 0.5) is 17.5 Å². The van der Waals surface area contributed by atoms with Gasteiger partial charge in [0, 0.05) is 26.3 Å². The summed E-state index contributed by atoms with van der Waals surface area (Å²) in [6.45, 7) is 6.37. The van der Waals surface area contributed by atoms with E-state index in [-0.39, 0.29) is 11.5 Å². The number of aromatic nitrogens is 2. The van der Waals surface area contributed by atoms with Gasteiger partial charge in [0.15, 0.2) is 0 Å². The van der Waals surface area contributed by atoms with Gasteiger partial charge in [-0.05, 0) is 32.6 Å². The van der Waals surface area contributed by atoms with E-state index in [0.717, 1.165) is 26.1 Å². The molecule has 0 aliphatic carbocycles. The van der Waals surface area contributed by atoms with Crippen LogP contribution in [0.5, 0.6) is 0 Å². The molecule has 0 bridgehead atoms. The number of aryl methyl sites for hydroxylation is 1. The predicted octanol–water partition coefficient (Wildman–Crippen LogP) is 1.96. The second-order valence-electron chi connectivity index (χ2n) is 5.05. The first-order valence-electron chi connectivity index (χ1n) is 7.20. The number of hydrogen-bond donors (Lipinski definition) is 2. The van der Waals surface area contributed by atoms with Gasteiger partial charge < -0.3 is 15.4 Å². The van der Waals surface area contributed by atoms with Crippen LogP contribution >= 0.6 is 0 Å². The minimum Gasteiger partial charge on any atom is -0.381 e. The molecule has 0 aromatic carbocycles. The van der Waals surface area contributed by atoms with Crippen LogP contribution in [0.1, 0.15) is 25.5 Å². The van der Waals surface area contributed by atoms with E-state index in [4.69, 9.17) is 4.74 Å². The summed E-state index contributed by atoms with van der Waals surface area (Å²) in [5, 5.41) is 17.3. The van der Waals surface area contributed by atoms with Crippen LogP contribution in [0, 0.1) is 23.0 Å². The first-order chi connectivity index (χ1) is 10.1. The number of nitro groups is 1. The number of nitrogens with one attached hydrogen (secondary N) is 2. The molecule has 1 fully saturated rings. The fraction of sp³-hybridized carbons (Fsp3) is 0.692. The molecule has 2 heterocycles. The number of hydrogen-bond acceptors (Lipinski definition) is 7. The molecule has 1 aromatic heterocycles. The normalized spacial score (nSPS) is 15.7. The third-order valence-corrected chi connectivity index (χ3v) is 3.47. The van der Waals surface area contributed by atoms with E-state index >= 15 is 0 Å². The number of nitrogens with zero attached hydrogens (tertiary/aromatic N) is 3. The molecule has 1 saturated heterocycles. The van der Waals surface area contributed by atoms with Gasteiger partial charge in [-0.15, -0.1) is 0 Å². The lowest BCUT2D eigenvalue weighted by molar-refractivity contribution is -0.385. The van der Waals surface area contributed by atoms with Crippen molar-refractivity contribution in [2.45, 2.75) is 26.7 Å². The van der Waals surface area contributed by atoms with Crippen LogP contribution in [0.15, 0.2) is 0 Å². The highest BCUT2D eigenvalue weighted by Crippen LogP contribution is 2.27. The third kappa shape index (κ3) is 4.01. The number of rotatable bonds is 6.